The van der Waals surface area contributed by atoms with Crippen molar-refractivity contribution in [3.63, 3.8) is 0 Å². The summed E-state index contributed by atoms with van der Waals surface area (Å²) in [6.45, 7) is 0. The molecule has 14 heavy (non-hydrogen) atoms. The Hall–Kier alpha value is -2.10. The maximum absolute atomic E-state index is 5.17. The number of fused-ring (bicyclic) bond motifs is 1. The van der Waals surface area contributed by atoms with Crippen LogP contribution < -0.4 is 0 Å². The fourth-order valence-electron chi connectivity index (χ4n) is 1.44. The third-order valence-electron chi connectivity index (χ3n) is 2.11. The fraction of sp³-hybridized carbons (Fsp3) is 0. The smallest absolute Gasteiger partial charge is 0.189 e. The van der Waals surface area contributed by atoms with Gasteiger partial charge in [0, 0.05) is 12.4 Å². The molecule has 0 bridgehead atoms. The monoisotopic (exact) mass is 185 g/mol. The minimum Gasteiger partial charge on any atom is -0.354 e. The first kappa shape index (κ1) is 7.32. The van der Waals surface area contributed by atoms with Crippen LogP contribution in [0.15, 0.2) is 47.5 Å². The standard InChI is InChI=1S/C10H7N3O/c1-2-4-9-8(3-1)10(12-14-9)13-6-5-11-7-13/h1-7H. The molecule has 0 N–H and O–H groups in total. The topological polar surface area (TPSA) is 43.9 Å². The molecule has 0 spiro atoms. The van der Waals surface area contributed by atoms with Crippen molar-refractivity contribution in [3.05, 3.63) is 43.0 Å². The Morgan fingerprint density at radius 2 is 2.14 bits per heavy atom. The second-order valence-electron chi connectivity index (χ2n) is 2.97. The zero-order valence-corrected chi connectivity index (χ0v) is 7.29. The van der Waals surface area contributed by atoms with Crippen LogP contribution in [0.4, 0.5) is 0 Å². The van der Waals surface area contributed by atoms with Gasteiger partial charge >= 0.3 is 0 Å². The predicted octanol–water partition coefficient (Wildman–Crippen LogP) is 2.01. The molecular weight excluding hydrogens is 178 g/mol. The van der Waals surface area contributed by atoms with Gasteiger partial charge in [-0.05, 0) is 12.1 Å². The van der Waals surface area contributed by atoms with Gasteiger partial charge in [-0.15, -0.1) is 0 Å². The zero-order valence-electron chi connectivity index (χ0n) is 7.29. The number of hydrogen-bond donors (Lipinski definition) is 0. The van der Waals surface area contributed by atoms with Crippen molar-refractivity contribution in [2.75, 3.05) is 0 Å². The van der Waals surface area contributed by atoms with Gasteiger partial charge in [0.2, 0.25) is 0 Å². The number of imidazole rings is 1. The third-order valence-corrected chi connectivity index (χ3v) is 2.11. The number of nitrogens with zero attached hydrogens (tertiary/aromatic N) is 3. The molecule has 4 heteroatoms. The van der Waals surface area contributed by atoms with Crippen molar-refractivity contribution < 1.29 is 4.52 Å². The van der Waals surface area contributed by atoms with Gasteiger partial charge in [-0.3, -0.25) is 4.57 Å². The van der Waals surface area contributed by atoms with Crippen molar-refractivity contribution in [1.29, 1.82) is 0 Å². The van der Waals surface area contributed by atoms with Crippen LogP contribution in [0.3, 0.4) is 0 Å². The fourth-order valence-corrected chi connectivity index (χ4v) is 1.44. The Morgan fingerprint density at radius 3 is 3.00 bits per heavy atom. The lowest BCUT2D eigenvalue weighted by Gasteiger charge is -1.93. The highest BCUT2D eigenvalue weighted by Crippen LogP contribution is 2.20. The van der Waals surface area contributed by atoms with E-state index in [9.17, 15) is 0 Å². The molecule has 4 nitrogen and oxygen atoms in total. The molecule has 3 aromatic rings. The summed E-state index contributed by atoms with van der Waals surface area (Å²) in [7, 11) is 0. The average Bonchev–Trinajstić information content (AvgIpc) is 2.85. The highest BCUT2D eigenvalue weighted by Gasteiger charge is 2.07. The summed E-state index contributed by atoms with van der Waals surface area (Å²) in [5.41, 5.74) is 0.788. The normalized spacial score (nSPS) is 10.9. The quantitative estimate of drug-likeness (QED) is 0.582. The molecule has 68 valence electrons. The van der Waals surface area contributed by atoms with Crippen LogP contribution in [-0.4, -0.2) is 14.7 Å². The van der Waals surface area contributed by atoms with E-state index in [1.165, 1.54) is 0 Å². The molecule has 0 saturated heterocycles. The van der Waals surface area contributed by atoms with E-state index in [1.54, 1.807) is 12.5 Å². The first-order valence-electron chi connectivity index (χ1n) is 4.28. The highest BCUT2D eigenvalue weighted by molar-refractivity contribution is 5.83. The van der Waals surface area contributed by atoms with Crippen LogP contribution in [-0.2, 0) is 0 Å². The minimum atomic E-state index is 0.776. The van der Waals surface area contributed by atoms with Gasteiger partial charge in [0.15, 0.2) is 11.4 Å². The Balaban J connectivity index is 2.33. The zero-order chi connectivity index (χ0) is 9.38. The molecule has 0 aliphatic carbocycles. The van der Waals surface area contributed by atoms with Crippen molar-refractivity contribution in [3.8, 4) is 5.82 Å². The molecular formula is C10H7N3O. The molecule has 0 atom stereocenters. The summed E-state index contributed by atoms with van der Waals surface area (Å²) < 4.78 is 7.00. The van der Waals surface area contributed by atoms with Gasteiger partial charge in [-0.25, -0.2) is 4.98 Å². The molecule has 0 radical (unpaired) electrons. The number of para-hydroxylation sites is 1. The Bertz CT molecular complexity index is 554. The summed E-state index contributed by atoms with van der Waals surface area (Å²) >= 11 is 0. The van der Waals surface area contributed by atoms with E-state index in [1.807, 2.05) is 35.0 Å². The predicted molar refractivity (Wildman–Crippen MR) is 51.1 cm³/mol. The average molecular weight is 185 g/mol. The summed E-state index contributed by atoms with van der Waals surface area (Å²) in [6, 6.07) is 7.75. The van der Waals surface area contributed by atoms with Crippen LogP contribution >= 0.6 is 0 Å². The second kappa shape index (κ2) is 2.70. The molecule has 0 aliphatic rings. The van der Waals surface area contributed by atoms with Gasteiger partial charge in [0.1, 0.15) is 6.33 Å². The minimum absolute atomic E-state index is 0.776. The largest absolute Gasteiger partial charge is 0.354 e. The molecule has 3 rings (SSSR count). The number of benzene rings is 1. The Kier molecular flexibility index (Phi) is 1.41. The summed E-state index contributed by atoms with van der Waals surface area (Å²) in [4.78, 5) is 3.97. The van der Waals surface area contributed by atoms with Crippen molar-refractivity contribution in [2.24, 2.45) is 0 Å². The van der Waals surface area contributed by atoms with Crippen molar-refractivity contribution >= 4 is 11.0 Å². The first-order chi connectivity index (χ1) is 6.95. The maximum Gasteiger partial charge on any atom is 0.189 e. The molecule has 0 fully saturated rings. The lowest BCUT2D eigenvalue weighted by atomic mass is 10.2. The van der Waals surface area contributed by atoms with Gasteiger partial charge in [0.25, 0.3) is 0 Å². The van der Waals surface area contributed by atoms with E-state index < -0.39 is 0 Å². The van der Waals surface area contributed by atoms with E-state index in [0.717, 1.165) is 16.8 Å². The molecule has 0 unspecified atom stereocenters. The third kappa shape index (κ3) is 0.939. The van der Waals surface area contributed by atoms with E-state index in [0.29, 0.717) is 0 Å². The van der Waals surface area contributed by atoms with Gasteiger partial charge in [-0.2, -0.15) is 0 Å². The summed E-state index contributed by atoms with van der Waals surface area (Å²) in [5, 5.41) is 4.98. The van der Waals surface area contributed by atoms with E-state index in [-0.39, 0.29) is 0 Å². The molecule has 1 aromatic carbocycles. The SMILES string of the molecule is c1ccc2c(-n3ccnc3)noc2c1. The van der Waals surface area contributed by atoms with Crippen LogP contribution in [0.1, 0.15) is 0 Å². The maximum atomic E-state index is 5.17. The second-order valence-corrected chi connectivity index (χ2v) is 2.97. The lowest BCUT2D eigenvalue weighted by molar-refractivity contribution is 0.452. The van der Waals surface area contributed by atoms with Crippen LogP contribution in [0.5, 0.6) is 0 Å². The first-order valence-corrected chi connectivity index (χ1v) is 4.28. The lowest BCUT2D eigenvalue weighted by Crippen LogP contribution is -1.89. The Morgan fingerprint density at radius 1 is 1.21 bits per heavy atom. The van der Waals surface area contributed by atoms with Gasteiger partial charge in [0.05, 0.1) is 5.39 Å². The van der Waals surface area contributed by atoms with E-state index in [4.69, 9.17) is 4.52 Å². The summed E-state index contributed by atoms with van der Waals surface area (Å²) in [5.74, 6) is 0.776. The van der Waals surface area contributed by atoms with E-state index >= 15 is 0 Å². The van der Waals surface area contributed by atoms with Crippen molar-refractivity contribution in [2.45, 2.75) is 0 Å². The van der Waals surface area contributed by atoms with Crippen molar-refractivity contribution in [1.82, 2.24) is 14.7 Å². The molecule has 0 saturated carbocycles. The molecule has 0 amide bonds. The van der Waals surface area contributed by atoms with Crippen LogP contribution in [0, 0.1) is 0 Å². The van der Waals surface area contributed by atoms with E-state index in [2.05, 4.69) is 10.1 Å². The number of hydrogen-bond acceptors (Lipinski definition) is 3. The van der Waals surface area contributed by atoms with Crippen LogP contribution in [0.2, 0.25) is 0 Å². The molecule has 2 aromatic heterocycles. The Labute approximate surface area is 79.8 Å². The molecule has 2 heterocycles. The van der Waals surface area contributed by atoms with Gasteiger partial charge < -0.3 is 4.52 Å². The van der Waals surface area contributed by atoms with Gasteiger partial charge in [-0.1, -0.05) is 17.3 Å². The number of rotatable bonds is 1. The summed E-state index contributed by atoms with van der Waals surface area (Å²) in [6.07, 6.45) is 5.25. The van der Waals surface area contributed by atoms with Crippen LogP contribution in [0.25, 0.3) is 16.8 Å². The number of aromatic nitrogens is 3. The molecule has 0 aliphatic heterocycles. The highest BCUT2D eigenvalue weighted by atomic mass is 16.5.